The molecule has 1 unspecified atom stereocenters. The molecule has 1 aromatic carbocycles. The van der Waals surface area contributed by atoms with Crippen LogP contribution in [0.15, 0.2) is 24.3 Å². The minimum absolute atomic E-state index is 0.133. The first kappa shape index (κ1) is 9.46. The Hall–Kier alpha value is -1.09. The summed E-state index contributed by atoms with van der Waals surface area (Å²) in [5.41, 5.74) is 6.81. The minimum Gasteiger partial charge on any atom is -0.370 e. The van der Waals surface area contributed by atoms with Crippen LogP contribution in [0.3, 0.4) is 0 Å². The van der Waals surface area contributed by atoms with Gasteiger partial charge < -0.3 is 10.6 Å². The summed E-state index contributed by atoms with van der Waals surface area (Å²) < 4.78 is 13.0. The molecule has 1 atom stereocenters. The van der Waals surface area contributed by atoms with E-state index >= 15 is 0 Å². The largest absolute Gasteiger partial charge is 0.370 e. The maximum atomic E-state index is 13.0. The van der Waals surface area contributed by atoms with Gasteiger partial charge in [-0.05, 0) is 31.5 Å². The SMILES string of the molecule is CC1(N)CCN(c2cccc(F)c2)C1. The molecular weight excluding hydrogens is 179 g/mol. The summed E-state index contributed by atoms with van der Waals surface area (Å²) in [6.07, 6.45) is 0.962. The first-order valence-corrected chi connectivity index (χ1v) is 4.86. The van der Waals surface area contributed by atoms with Crippen LogP contribution in [0.25, 0.3) is 0 Å². The zero-order chi connectivity index (χ0) is 10.2. The molecule has 1 aliphatic heterocycles. The van der Waals surface area contributed by atoms with Gasteiger partial charge in [-0.1, -0.05) is 6.07 Å². The van der Waals surface area contributed by atoms with Gasteiger partial charge >= 0.3 is 0 Å². The summed E-state index contributed by atoms with van der Waals surface area (Å²) >= 11 is 0. The second-order valence-corrected chi connectivity index (χ2v) is 4.31. The Bertz CT molecular complexity index is 336. The minimum atomic E-state index is -0.187. The van der Waals surface area contributed by atoms with Gasteiger partial charge in [0.2, 0.25) is 0 Å². The van der Waals surface area contributed by atoms with Crippen molar-refractivity contribution in [3.63, 3.8) is 0 Å². The highest BCUT2D eigenvalue weighted by Crippen LogP contribution is 2.24. The Morgan fingerprint density at radius 1 is 1.50 bits per heavy atom. The first-order chi connectivity index (χ1) is 6.57. The number of rotatable bonds is 1. The predicted octanol–water partition coefficient (Wildman–Crippen LogP) is 1.75. The van der Waals surface area contributed by atoms with Crippen LogP contribution < -0.4 is 10.6 Å². The van der Waals surface area contributed by atoms with Crippen LogP contribution in [0, 0.1) is 5.82 Å². The average Bonchev–Trinajstić information content (AvgIpc) is 2.46. The van der Waals surface area contributed by atoms with Crippen LogP contribution in [0.2, 0.25) is 0 Å². The molecule has 2 rings (SSSR count). The van der Waals surface area contributed by atoms with Crippen LogP contribution in [-0.2, 0) is 0 Å². The van der Waals surface area contributed by atoms with Gasteiger partial charge in [0.05, 0.1) is 0 Å². The van der Waals surface area contributed by atoms with Crippen molar-refractivity contribution in [3.8, 4) is 0 Å². The molecule has 1 saturated heterocycles. The second kappa shape index (κ2) is 3.24. The standard InChI is InChI=1S/C11H15FN2/c1-11(13)5-6-14(8-11)10-4-2-3-9(12)7-10/h2-4,7H,5-6,8,13H2,1H3. The Morgan fingerprint density at radius 3 is 2.86 bits per heavy atom. The fraction of sp³-hybridized carbons (Fsp3) is 0.455. The lowest BCUT2D eigenvalue weighted by atomic mass is 10.0. The Labute approximate surface area is 83.5 Å². The van der Waals surface area contributed by atoms with Crippen LogP contribution in [-0.4, -0.2) is 18.6 Å². The monoisotopic (exact) mass is 194 g/mol. The summed E-state index contributed by atoms with van der Waals surface area (Å²) in [6, 6.07) is 6.67. The van der Waals surface area contributed by atoms with Crippen LogP contribution in [0.4, 0.5) is 10.1 Å². The Morgan fingerprint density at radius 2 is 2.29 bits per heavy atom. The van der Waals surface area contributed by atoms with Gasteiger partial charge in [-0.2, -0.15) is 0 Å². The molecule has 1 fully saturated rings. The van der Waals surface area contributed by atoms with Gasteiger partial charge in [-0.15, -0.1) is 0 Å². The molecule has 3 heteroatoms. The lowest BCUT2D eigenvalue weighted by Crippen LogP contribution is -2.39. The van der Waals surface area contributed by atoms with Crippen molar-refractivity contribution < 1.29 is 4.39 Å². The van der Waals surface area contributed by atoms with E-state index in [1.54, 1.807) is 12.1 Å². The zero-order valence-corrected chi connectivity index (χ0v) is 8.33. The maximum absolute atomic E-state index is 13.0. The third kappa shape index (κ3) is 1.87. The topological polar surface area (TPSA) is 29.3 Å². The van der Waals surface area contributed by atoms with Crippen molar-refractivity contribution in [3.05, 3.63) is 30.1 Å². The molecule has 1 heterocycles. The molecule has 0 spiro atoms. The van der Waals surface area contributed by atoms with Crippen molar-refractivity contribution in [2.45, 2.75) is 18.9 Å². The van der Waals surface area contributed by atoms with Gasteiger partial charge in [0.1, 0.15) is 5.82 Å². The fourth-order valence-corrected chi connectivity index (χ4v) is 1.88. The first-order valence-electron chi connectivity index (χ1n) is 4.86. The molecular formula is C11H15FN2. The van der Waals surface area contributed by atoms with E-state index in [1.807, 2.05) is 13.0 Å². The van der Waals surface area contributed by atoms with E-state index in [0.717, 1.165) is 25.2 Å². The number of nitrogens with two attached hydrogens (primary N) is 1. The third-order valence-electron chi connectivity index (χ3n) is 2.68. The third-order valence-corrected chi connectivity index (χ3v) is 2.68. The van der Waals surface area contributed by atoms with E-state index in [0.29, 0.717) is 0 Å². The van der Waals surface area contributed by atoms with Gasteiger partial charge in [-0.3, -0.25) is 0 Å². The number of halogens is 1. The maximum Gasteiger partial charge on any atom is 0.125 e. The van der Waals surface area contributed by atoms with Crippen molar-refractivity contribution in [1.82, 2.24) is 0 Å². The number of anilines is 1. The summed E-state index contributed by atoms with van der Waals surface area (Å²) in [5, 5.41) is 0. The van der Waals surface area contributed by atoms with E-state index in [2.05, 4.69) is 4.90 Å². The van der Waals surface area contributed by atoms with Crippen molar-refractivity contribution in [2.24, 2.45) is 5.73 Å². The van der Waals surface area contributed by atoms with E-state index in [9.17, 15) is 4.39 Å². The Kier molecular flexibility index (Phi) is 2.19. The average molecular weight is 194 g/mol. The molecule has 14 heavy (non-hydrogen) atoms. The molecule has 76 valence electrons. The molecule has 0 aromatic heterocycles. The second-order valence-electron chi connectivity index (χ2n) is 4.31. The van der Waals surface area contributed by atoms with Crippen LogP contribution >= 0.6 is 0 Å². The van der Waals surface area contributed by atoms with Crippen molar-refractivity contribution >= 4 is 5.69 Å². The molecule has 0 saturated carbocycles. The normalized spacial score (nSPS) is 26.9. The Balaban J connectivity index is 2.17. The van der Waals surface area contributed by atoms with Gasteiger partial charge in [0, 0.05) is 24.3 Å². The van der Waals surface area contributed by atoms with Gasteiger partial charge in [-0.25, -0.2) is 4.39 Å². The van der Waals surface area contributed by atoms with Crippen molar-refractivity contribution in [1.29, 1.82) is 0 Å². The molecule has 0 amide bonds. The molecule has 1 aliphatic rings. The summed E-state index contributed by atoms with van der Waals surface area (Å²) in [4.78, 5) is 2.13. The molecule has 2 N–H and O–H groups in total. The highest BCUT2D eigenvalue weighted by Gasteiger charge is 2.29. The molecule has 2 nitrogen and oxygen atoms in total. The van der Waals surface area contributed by atoms with Crippen molar-refractivity contribution in [2.75, 3.05) is 18.0 Å². The zero-order valence-electron chi connectivity index (χ0n) is 8.33. The van der Waals surface area contributed by atoms with E-state index in [-0.39, 0.29) is 11.4 Å². The van der Waals surface area contributed by atoms with E-state index < -0.39 is 0 Å². The van der Waals surface area contributed by atoms with Crippen LogP contribution in [0.5, 0.6) is 0 Å². The number of nitrogens with zero attached hydrogens (tertiary/aromatic N) is 1. The summed E-state index contributed by atoms with van der Waals surface area (Å²) in [7, 11) is 0. The number of benzene rings is 1. The lowest BCUT2D eigenvalue weighted by molar-refractivity contribution is 0.525. The summed E-state index contributed by atoms with van der Waals surface area (Å²) in [5.74, 6) is -0.187. The molecule has 0 aliphatic carbocycles. The smallest absolute Gasteiger partial charge is 0.125 e. The quantitative estimate of drug-likeness (QED) is 0.738. The fourth-order valence-electron chi connectivity index (χ4n) is 1.88. The lowest BCUT2D eigenvalue weighted by Gasteiger charge is -2.21. The van der Waals surface area contributed by atoms with Crippen LogP contribution in [0.1, 0.15) is 13.3 Å². The summed E-state index contributed by atoms with van der Waals surface area (Å²) in [6.45, 7) is 3.75. The van der Waals surface area contributed by atoms with Gasteiger partial charge in [0.25, 0.3) is 0 Å². The highest BCUT2D eigenvalue weighted by molar-refractivity contribution is 5.48. The van der Waals surface area contributed by atoms with E-state index in [4.69, 9.17) is 5.73 Å². The van der Waals surface area contributed by atoms with Gasteiger partial charge in [0.15, 0.2) is 0 Å². The molecule has 0 radical (unpaired) electrons. The number of hydrogen-bond donors (Lipinski definition) is 1. The number of hydrogen-bond acceptors (Lipinski definition) is 2. The molecule has 1 aromatic rings. The van der Waals surface area contributed by atoms with E-state index in [1.165, 1.54) is 6.07 Å². The highest BCUT2D eigenvalue weighted by atomic mass is 19.1. The predicted molar refractivity (Wildman–Crippen MR) is 55.8 cm³/mol. The molecule has 0 bridgehead atoms.